The van der Waals surface area contributed by atoms with Crippen molar-refractivity contribution in [3.05, 3.63) is 62.2 Å². The largest absolute Gasteiger partial charge is 0.307 e. The minimum atomic E-state index is -1.30. The first-order chi connectivity index (χ1) is 9.90. The lowest BCUT2D eigenvalue weighted by Gasteiger charge is -2.07. The molecule has 1 aromatic carbocycles. The van der Waals surface area contributed by atoms with E-state index in [1.54, 1.807) is 12.1 Å². The maximum atomic E-state index is 13.7. The summed E-state index contributed by atoms with van der Waals surface area (Å²) in [5.74, 6) is -3.36. The second-order valence-electron chi connectivity index (χ2n) is 3.83. The molecule has 0 aliphatic heterocycles. The van der Waals surface area contributed by atoms with Crippen LogP contribution in [-0.4, -0.2) is 15.8 Å². The van der Waals surface area contributed by atoms with E-state index in [0.29, 0.717) is 16.6 Å². The molecule has 0 unspecified atom stereocenters. The van der Waals surface area contributed by atoms with Crippen molar-refractivity contribution in [1.82, 2.24) is 4.98 Å². The number of rotatable bonds is 3. The molecular weight excluding hydrogens is 352 g/mol. The molecule has 0 fully saturated rings. The number of carbonyl (C=O) groups excluding carboxylic acids is 1. The summed E-state index contributed by atoms with van der Waals surface area (Å²) >= 11 is 3.13. The SMILES string of the molecule is O=C(Nc1ncccc1Br)c1cc(F)c([N+](=O)[O-])cc1F. The van der Waals surface area contributed by atoms with E-state index < -0.39 is 33.7 Å². The zero-order chi connectivity index (χ0) is 15.6. The van der Waals surface area contributed by atoms with Gasteiger partial charge in [0.25, 0.3) is 5.91 Å². The van der Waals surface area contributed by atoms with Gasteiger partial charge in [0.1, 0.15) is 11.6 Å². The van der Waals surface area contributed by atoms with Crippen molar-refractivity contribution in [1.29, 1.82) is 0 Å². The van der Waals surface area contributed by atoms with Crippen LogP contribution in [0.2, 0.25) is 0 Å². The fourth-order valence-corrected chi connectivity index (χ4v) is 1.86. The minimum Gasteiger partial charge on any atom is -0.306 e. The van der Waals surface area contributed by atoms with E-state index in [1.807, 2.05) is 0 Å². The van der Waals surface area contributed by atoms with Crippen LogP contribution < -0.4 is 5.32 Å². The Morgan fingerprint density at radius 3 is 2.67 bits per heavy atom. The van der Waals surface area contributed by atoms with Crippen LogP contribution in [-0.2, 0) is 0 Å². The summed E-state index contributed by atoms with van der Waals surface area (Å²) in [6, 6.07) is 4.03. The summed E-state index contributed by atoms with van der Waals surface area (Å²) in [4.78, 5) is 25.1. The first kappa shape index (κ1) is 15.0. The number of halogens is 3. The van der Waals surface area contributed by atoms with Crippen molar-refractivity contribution < 1.29 is 18.5 Å². The van der Waals surface area contributed by atoms with E-state index in [-0.39, 0.29) is 5.82 Å². The molecule has 1 heterocycles. The van der Waals surface area contributed by atoms with E-state index in [2.05, 4.69) is 26.2 Å². The Bertz CT molecular complexity index is 740. The molecule has 6 nitrogen and oxygen atoms in total. The third-order valence-corrected chi connectivity index (χ3v) is 3.11. The van der Waals surface area contributed by atoms with Crippen molar-refractivity contribution in [3.63, 3.8) is 0 Å². The summed E-state index contributed by atoms with van der Waals surface area (Å²) in [6.45, 7) is 0. The molecule has 1 aromatic heterocycles. The smallest absolute Gasteiger partial charge is 0.306 e. The summed E-state index contributed by atoms with van der Waals surface area (Å²) in [7, 11) is 0. The highest BCUT2D eigenvalue weighted by molar-refractivity contribution is 9.10. The van der Waals surface area contributed by atoms with Crippen LogP contribution in [0.25, 0.3) is 0 Å². The van der Waals surface area contributed by atoms with Crippen LogP contribution in [0.4, 0.5) is 20.3 Å². The van der Waals surface area contributed by atoms with Gasteiger partial charge in [-0.2, -0.15) is 4.39 Å². The van der Waals surface area contributed by atoms with E-state index in [0.717, 1.165) is 0 Å². The normalized spacial score (nSPS) is 10.2. The van der Waals surface area contributed by atoms with Crippen molar-refractivity contribution >= 4 is 33.3 Å². The molecule has 0 bridgehead atoms. The van der Waals surface area contributed by atoms with Gasteiger partial charge in [0.2, 0.25) is 5.82 Å². The predicted octanol–water partition coefficient (Wildman–Crippen LogP) is 3.28. The van der Waals surface area contributed by atoms with Gasteiger partial charge in [0, 0.05) is 6.20 Å². The average Bonchev–Trinajstić information content (AvgIpc) is 2.43. The molecule has 2 rings (SSSR count). The van der Waals surface area contributed by atoms with E-state index in [1.165, 1.54) is 6.20 Å². The van der Waals surface area contributed by atoms with Crippen molar-refractivity contribution in [2.45, 2.75) is 0 Å². The van der Waals surface area contributed by atoms with Gasteiger partial charge in [-0.15, -0.1) is 0 Å². The van der Waals surface area contributed by atoms with Crippen LogP contribution in [0.1, 0.15) is 10.4 Å². The highest BCUT2D eigenvalue weighted by Crippen LogP contribution is 2.23. The second-order valence-corrected chi connectivity index (χ2v) is 4.68. The molecule has 108 valence electrons. The van der Waals surface area contributed by atoms with Gasteiger partial charge in [-0.1, -0.05) is 0 Å². The molecular formula is C12H6BrF2N3O3. The molecule has 1 amide bonds. The number of aromatic nitrogens is 1. The van der Waals surface area contributed by atoms with E-state index in [9.17, 15) is 23.7 Å². The first-order valence-electron chi connectivity index (χ1n) is 5.45. The maximum Gasteiger partial charge on any atom is 0.307 e. The number of hydrogen-bond donors (Lipinski definition) is 1. The number of carbonyl (C=O) groups is 1. The fourth-order valence-electron chi connectivity index (χ4n) is 1.50. The molecule has 0 aliphatic rings. The highest BCUT2D eigenvalue weighted by atomic mass is 79.9. The Hall–Kier alpha value is -2.42. The zero-order valence-electron chi connectivity index (χ0n) is 10.1. The van der Waals surface area contributed by atoms with Crippen LogP contribution >= 0.6 is 15.9 Å². The first-order valence-corrected chi connectivity index (χ1v) is 6.24. The Morgan fingerprint density at radius 2 is 2.05 bits per heavy atom. The van der Waals surface area contributed by atoms with Gasteiger partial charge in [-0.25, -0.2) is 9.37 Å². The number of benzene rings is 1. The van der Waals surface area contributed by atoms with Crippen LogP contribution in [0, 0.1) is 21.7 Å². The van der Waals surface area contributed by atoms with Gasteiger partial charge in [-0.05, 0) is 34.1 Å². The van der Waals surface area contributed by atoms with Crippen LogP contribution in [0.15, 0.2) is 34.9 Å². The average molecular weight is 358 g/mol. The molecule has 0 saturated heterocycles. The molecule has 0 radical (unpaired) electrons. The highest BCUT2D eigenvalue weighted by Gasteiger charge is 2.22. The third-order valence-electron chi connectivity index (χ3n) is 2.47. The van der Waals surface area contributed by atoms with Gasteiger partial charge in [-0.3, -0.25) is 14.9 Å². The van der Waals surface area contributed by atoms with E-state index >= 15 is 0 Å². The molecule has 0 saturated carbocycles. The van der Waals surface area contributed by atoms with Gasteiger partial charge < -0.3 is 5.32 Å². The van der Waals surface area contributed by atoms with Crippen molar-refractivity contribution in [2.24, 2.45) is 0 Å². The number of pyridine rings is 1. The molecule has 0 atom stereocenters. The van der Waals surface area contributed by atoms with Crippen molar-refractivity contribution in [3.8, 4) is 0 Å². The standard InChI is InChI=1S/C12H6BrF2N3O3/c13-7-2-1-3-16-11(7)17-12(19)6-4-9(15)10(18(20)21)5-8(6)14/h1-5H,(H,16,17,19). The molecule has 0 spiro atoms. The lowest BCUT2D eigenvalue weighted by molar-refractivity contribution is -0.387. The number of nitrogens with zero attached hydrogens (tertiary/aromatic N) is 2. The lowest BCUT2D eigenvalue weighted by atomic mass is 10.1. The summed E-state index contributed by atoms with van der Waals surface area (Å²) in [6.07, 6.45) is 1.40. The number of hydrogen-bond acceptors (Lipinski definition) is 4. The Balaban J connectivity index is 2.34. The fraction of sp³-hybridized carbons (Fsp3) is 0. The van der Waals surface area contributed by atoms with Gasteiger partial charge in [0.15, 0.2) is 0 Å². The molecule has 2 aromatic rings. The monoisotopic (exact) mass is 357 g/mol. The number of anilines is 1. The third kappa shape index (κ3) is 3.19. The van der Waals surface area contributed by atoms with Gasteiger partial charge >= 0.3 is 5.69 Å². The predicted molar refractivity (Wildman–Crippen MR) is 72.9 cm³/mol. The van der Waals surface area contributed by atoms with Crippen LogP contribution in [0.5, 0.6) is 0 Å². The number of amides is 1. The van der Waals surface area contributed by atoms with Gasteiger partial charge in [0.05, 0.1) is 21.0 Å². The number of nitrogens with one attached hydrogen (secondary N) is 1. The van der Waals surface area contributed by atoms with Crippen LogP contribution in [0.3, 0.4) is 0 Å². The number of nitro benzene ring substituents is 1. The molecule has 9 heteroatoms. The minimum absolute atomic E-state index is 0.112. The Labute approximate surface area is 125 Å². The summed E-state index contributed by atoms with van der Waals surface area (Å²) < 4.78 is 27.6. The number of nitro groups is 1. The van der Waals surface area contributed by atoms with Crippen molar-refractivity contribution in [2.75, 3.05) is 5.32 Å². The maximum absolute atomic E-state index is 13.7. The zero-order valence-corrected chi connectivity index (χ0v) is 11.7. The second kappa shape index (κ2) is 5.92. The molecule has 1 N–H and O–H groups in total. The van der Waals surface area contributed by atoms with E-state index in [4.69, 9.17) is 0 Å². The Kier molecular flexibility index (Phi) is 4.22. The molecule has 21 heavy (non-hydrogen) atoms. The summed E-state index contributed by atoms with van der Waals surface area (Å²) in [5.41, 5.74) is -1.70. The Morgan fingerprint density at radius 1 is 1.33 bits per heavy atom. The lowest BCUT2D eigenvalue weighted by Crippen LogP contribution is -2.15. The topological polar surface area (TPSA) is 85.1 Å². The summed E-state index contributed by atoms with van der Waals surface area (Å²) in [5, 5.41) is 12.7. The molecule has 0 aliphatic carbocycles. The quantitative estimate of drug-likeness (QED) is 0.674.